The average molecular weight is 641 g/mol. The fraction of sp³-hybridized carbons (Fsp3) is 0.529. The smallest absolute Gasteiger partial charge is 0.270 e. The van der Waals surface area contributed by atoms with Gasteiger partial charge < -0.3 is 5.32 Å². The van der Waals surface area contributed by atoms with Gasteiger partial charge in [-0.25, -0.2) is 0 Å². The Hall–Kier alpha value is -2.60. The third-order valence-corrected chi connectivity index (χ3v) is 9.65. The number of unbranched alkanes of at least 4 members (excludes halogenated alkanes) is 10. The molecule has 3 rings (SSSR count). The van der Waals surface area contributed by atoms with E-state index >= 15 is 0 Å². The van der Waals surface area contributed by atoms with Gasteiger partial charge in [-0.2, -0.15) is 5.26 Å². The predicted octanol–water partition coefficient (Wildman–Crippen LogP) is 9.22. The Morgan fingerprint density at radius 2 is 1.58 bits per heavy atom. The quantitative estimate of drug-likeness (QED) is 0.0994. The van der Waals surface area contributed by atoms with Gasteiger partial charge in [0, 0.05) is 30.2 Å². The summed E-state index contributed by atoms with van der Waals surface area (Å²) in [5.41, 5.74) is 1.84. The fourth-order valence-electron chi connectivity index (χ4n) is 5.29. The van der Waals surface area contributed by atoms with E-state index < -0.39 is 0 Å². The van der Waals surface area contributed by atoms with E-state index in [2.05, 4.69) is 25.2 Å². The molecule has 1 aromatic heterocycles. The summed E-state index contributed by atoms with van der Waals surface area (Å²) in [6, 6.07) is 9.65. The summed E-state index contributed by atoms with van der Waals surface area (Å²) in [6.07, 6.45) is 15.7. The van der Waals surface area contributed by atoms with Crippen LogP contribution in [0.25, 0.3) is 6.08 Å². The SMILES string of the molecule is CCCCCCCCCCCCN1C(=O)/C(=C\c2c(C)c(C#N)c(=O)n(CCCC)c2NCc2ccccc2Cl)SC1=S. The average Bonchev–Trinajstić information content (AvgIpc) is 3.26. The summed E-state index contributed by atoms with van der Waals surface area (Å²) in [4.78, 5) is 29.1. The standard InChI is InChI=1S/C34H45ClN4O2S2/c1-4-6-8-9-10-11-12-13-14-17-21-39-33(41)30(43-34(39)42)22-27-25(3)28(23-36)32(40)38(20-7-5-2)31(27)37-24-26-18-15-16-19-29(26)35/h15-16,18-19,22,37H,4-14,17,20-21,24H2,1-3H3/b30-22+. The lowest BCUT2D eigenvalue weighted by Crippen LogP contribution is -2.29. The third-order valence-electron chi connectivity index (χ3n) is 7.90. The molecular formula is C34H45ClN4O2S2. The van der Waals surface area contributed by atoms with Crippen molar-refractivity contribution in [2.24, 2.45) is 0 Å². The van der Waals surface area contributed by atoms with Gasteiger partial charge >= 0.3 is 0 Å². The van der Waals surface area contributed by atoms with Crippen LogP contribution in [0.4, 0.5) is 5.82 Å². The van der Waals surface area contributed by atoms with Crippen LogP contribution in [0, 0.1) is 18.3 Å². The number of nitrogens with one attached hydrogen (secondary N) is 1. The number of benzene rings is 1. The fourth-order valence-corrected chi connectivity index (χ4v) is 6.78. The zero-order valence-corrected chi connectivity index (χ0v) is 28.2. The number of thiocarbonyl (C=S) groups is 1. The lowest BCUT2D eigenvalue weighted by molar-refractivity contribution is -0.122. The molecule has 43 heavy (non-hydrogen) atoms. The Kier molecular flexibility index (Phi) is 14.8. The molecule has 2 aromatic rings. The van der Waals surface area contributed by atoms with E-state index in [1.54, 1.807) is 22.5 Å². The molecule has 0 spiro atoms. The molecule has 6 nitrogen and oxygen atoms in total. The van der Waals surface area contributed by atoms with E-state index in [4.69, 9.17) is 23.8 Å². The van der Waals surface area contributed by atoms with Crippen molar-refractivity contribution in [1.29, 1.82) is 5.26 Å². The highest BCUT2D eigenvalue weighted by Gasteiger charge is 2.32. The molecule has 1 aliphatic rings. The minimum absolute atomic E-state index is 0.0893. The molecule has 0 radical (unpaired) electrons. The highest BCUT2D eigenvalue weighted by atomic mass is 35.5. The van der Waals surface area contributed by atoms with Crippen LogP contribution in [-0.2, 0) is 17.9 Å². The van der Waals surface area contributed by atoms with Gasteiger partial charge in [-0.05, 0) is 43.0 Å². The Bertz CT molecular complexity index is 1400. The highest BCUT2D eigenvalue weighted by molar-refractivity contribution is 8.26. The summed E-state index contributed by atoms with van der Waals surface area (Å²) in [7, 11) is 0. The normalized spacial score (nSPS) is 14.1. The molecular weight excluding hydrogens is 596 g/mol. The van der Waals surface area contributed by atoms with Crippen molar-refractivity contribution in [3.63, 3.8) is 0 Å². The number of carbonyl (C=O) groups is 1. The molecule has 1 aromatic carbocycles. The number of pyridine rings is 1. The predicted molar refractivity (Wildman–Crippen MR) is 186 cm³/mol. The topological polar surface area (TPSA) is 78.1 Å². The number of thioether (sulfide) groups is 1. The number of hydrogen-bond acceptors (Lipinski definition) is 6. The van der Waals surface area contributed by atoms with Crippen molar-refractivity contribution in [1.82, 2.24) is 9.47 Å². The molecule has 9 heteroatoms. The zero-order chi connectivity index (χ0) is 31.2. The summed E-state index contributed by atoms with van der Waals surface area (Å²) in [5, 5.41) is 14.0. The molecule has 0 bridgehead atoms. The molecule has 2 heterocycles. The van der Waals surface area contributed by atoms with Gasteiger partial charge in [-0.3, -0.25) is 19.1 Å². The van der Waals surface area contributed by atoms with E-state index in [0.717, 1.165) is 31.2 Å². The monoisotopic (exact) mass is 640 g/mol. The molecule has 1 saturated heterocycles. The van der Waals surface area contributed by atoms with Gasteiger partial charge in [0.05, 0.1) is 4.91 Å². The largest absolute Gasteiger partial charge is 0.367 e. The first kappa shape index (κ1) is 34.9. The Morgan fingerprint density at radius 1 is 0.953 bits per heavy atom. The molecule has 0 aliphatic carbocycles. The lowest BCUT2D eigenvalue weighted by Gasteiger charge is -2.20. The maximum absolute atomic E-state index is 13.5. The van der Waals surface area contributed by atoms with Crippen molar-refractivity contribution in [2.45, 2.75) is 111 Å². The van der Waals surface area contributed by atoms with E-state index in [0.29, 0.717) is 50.8 Å². The number of carbonyl (C=O) groups excluding carboxylic acids is 1. The highest BCUT2D eigenvalue weighted by Crippen LogP contribution is 2.35. The molecule has 1 aliphatic heterocycles. The molecule has 1 amide bonds. The second-order valence-electron chi connectivity index (χ2n) is 11.1. The maximum Gasteiger partial charge on any atom is 0.270 e. The van der Waals surface area contributed by atoms with Crippen LogP contribution >= 0.6 is 35.6 Å². The van der Waals surface area contributed by atoms with Crippen LogP contribution in [0.3, 0.4) is 0 Å². The molecule has 0 atom stereocenters. The van der Waals surface area contributed by atoms with Crippen LogP contribution in [0.2, 0.25) is 5.02 Å². The van der Waals surface area contributed by atoms with Crippen molar-refractivity contribution < 1.29 is 4.79 Å². The molecule has 1 N–H and O–H groups in total. The van der Waals surface area contributed by atoms with Gasteiger partial charge in [-0.1, -0.05) is 132 Å². The van der Waals surface area contributed by atoms with Crippen molar-refractivity contribution in [3.8, 4) is 6.07 Å². The van der Waals surface area contributed by atoms with Crippen molar-refractivity contribution in [2.75, 3.05) is 11.9 Å². The Balaban J connectivity index is 1.79. The molecule has 232 valence electrons. The van der Waals surface area contributed by atoms with Crippen LogP contribution < -0.4 is 10.9 Å². The summed E-state index contributed by atoms with van der Waals surface area (Å²) in [5.74, 6) is 0.460. The van der Waals surface area contributed by atoms with Gasteiger partial charge in [0.2, 0.25) is 0 Å². The van der Waals surface area contributed by atoms with Crippen molar-refractivity contribution in [3.05, 3.63) is 66.8 Å². The number of aromatic nitrogens is 1. The third kappa shape index (κ3) is 9.69. The molecule has 0 saturated carbocycles. The minimum Gasteiger partial charge on any atom is -0.367 e. The molecule has 1 fully saturated rings. The Morgan fingerprint density at radius 3 is 2.21 bits per heavy atom. The lowest BCUT2D eigenvalue weighted by atomic mass is 10.0. The van der Waals surface area contributed by atoms with Crippen LogP contribution in [-0.4, -0.2) is 26.2 Å². The van der Waals surface area contributed by atoms with Gasteiger partial charge in [0.25, 0.3) is 11.5 Å². The summed E-state index contributed by atoms with van der Waals surface area (Å²) < 4.78 is 2.18. The second-order valence-corrected chi connectivity index (χ2v) is 13.2. The van der Waals surface area contributed by atoms with Crippen molar-refractivity contribution >= 4 is 57.7 Å². The van der Waals surface area contributed by atoms with Gasteiger partial charge in [0.15, 0.2) is 0 Å². The number of amides is 1. The number of anilines is 1. The number of nitriles is 1. The number of halogens is 1. The van der Waals surface area contributed by atoms with Crippen LogP contribution in [0.1, 0.15) is 113 Å². The van der Waals surface area contributed by atoms with E-state index in [-0.39, 0.29) is 17.0 Å². The number of hydrogen-bond donors (Lipinski definition) is 1. The first-order valence-electron chi connectivity index (χ1n) is 15.7. The van der Waals surface area contributed by atoms with Gasteiger partial charge in [-0.15, -0.1) is 0 Å². The number of rotatable bonds is 18. The first-order valence-corrected chi connectivity index (χ1v) is 17.3. The van der Waals surface area contributed by atoms with Crippen LogP contribution in [0.5, 0.6) is 0 Å². The Labute approximate surface area is 271 Å². The summed E-state index contributed by atoms with van der Waals surface area (Å²) in [6.45, 7) is 7.51. The number of nitrogens with zero attached hydrogens (tertiary/aromatic N) is 3. The van der Waals surface area contributed by atoms with Gasteiger partial charge in [0.1, 0.15) is 21.8 Å². The first-order chi connectivity index (χ1) is 20.8. The van der Waals surface area contributed by atoms with Crippen LogP contribution in [0.15, 0.2) is 34.0 Å². The minimum atomic E-state index is -0.333. The zero-order valence-electron chi connectivity index (χ0n) is 25.8. The maximum atomic E-state index is 13.5. The van der Waals surface area contributed by atoms with E-state index in [1.807, 2.05) is 24.3 Å². The van der Waals surface area contributed by atoms with E-state index in [9.17, 15) is 14.9 Å². The second kappa shape index (κ2) is 18.3. The molecule has 0 unspecified atom stereocenters. The summed E-state index contributed by atoms with van der Waals surface area (Å²) >= 11 is 13.3. The van der Waals surface area contributed by atoms with E-state index in [1.165, 1.54) is 63.1 Å².